The van der Waals surface area contributed by atoms with Crippen molar-refractivity contribution in [3.05, 3.63) is 35.6 Å². The predicted molar refractivity (Wildman–Crippen MR) is 63.1 cm³/mol. The molecule has 0 aromatic heterocycles. The monoisotopic (exact) mass is 239 g/mol. The summed E-state index contributed by atoms with van der Waals surface area (Å²) in [6.45, 7) is 4.57. The number of morpholine rings is 1. The van der Waals surface area contributed by atoms with Crippen LogP contribution in [-0.2, 0) is 11.3 Å². The molecule has 17 heavy (non-hydrogen) atoms. The Bertz CT molecular complexity index is 385. The largest absolute Gasteiger partial charge is 0.394 e. The second-order valence-electron chi connectivity index (χ2n) is 4.76. The molecule has 1 aliphatic rings. The van der Waals surface area contributed by atoms with Crippen molar-refractivity contribution in [3.63, 3.8) is 0 Å². The zero-order valence-corrected chi connectivity index (χ0v) is 10.0. The lowest BCUT2D eigenvalue weighted by Crippen LogP contribution is -2.56. The zero-order valence-electron chi connectivity index (χ0n) is 10.0. The van der Waals surface area contributed by atoms with Crippen LogP contribution in [0, 0.1) is 5.82 Å². The molecule has 1 aliphatic heterocycles. The number of halogens is 1. The molecule has 0 spiro atoms. The van der Waals surface area contributed by atoms with Crippen molar-refractivity contribution in [2.45, 2.75) is 19.0 Å². The smallest absolute Gasteiger partial charge is 0.123 e. The van der Waals surface area contributed by atoms with Crippen LogP contribution in [0.5, 0.6) is 0 Å². The Morgan fingerprint density at radius 2 is 2.35 bits per heavy atom. The van der Waals surface area contributed by atoms with E-state index in [1.807, 2.05) is 13.0 Å². The number of nitrogens with zero attached hydrogens (tertiary/aromatic N) is 1. The van der Waals surface area contributed by atoms with Gasteiger partial charge in [0.15, 0.2) is 0 Å². The van der Waals surface area contributed by atoms with Gasteiger partial charge in [0.05, 0.1) is 25.4 Å². The van der Waals surface area contributed by atoms with Crippen LogP contribution in [0.2, 0.25) is 0 Å². The van der Waals surface area contributed by atoms with E-state index in [1.165, 1.54) is 12.1 Å². The Labute approximate surface area is 101 Å². The molecule has 1 heterocycles. The minimum absolute atomic E-state index is 0.0440. The van der Waals surface area contributed by atoms with Crippen LogP contribution in [0.3, 0.4) is 0 Å². The van der Waals surface area contributed by atoms with Gasteiger partial charge >= 0.3 is 0 Å². The molecular formula is C13H18FNO2. The van der Waals surface area contributed by atoms with Gasteiger partial charge in [-0.3, -0.25) is 4.90 Å². The van der Waals surface area contributed by atoms with Crippen molar-refractivity contribution in [3.8, 4) is 0 Å². The molecule has 0 amide bonds. The molecule has 94 valence electrons. The molecule has 1 saturated heterocycles. The first-order valence-electron chi connectivity index (χ1n) is 5.82. The SMILES string of the molecule is CC1(CO)COCCN1Cc1cccc(F)c1. The van der Waals surface area contributed by atoms with Crippen LogP contribution in [0.25, 0.3) is 0 Å². The first-order valence-corrected chi connectivity index (χ1v) is 5.82. The van der Waals surface area contributed by atoms with Gasteiger partial charge in [-0.15, -0.1) is 0 Å². The molecule has 2 rings (SSSR count). The second-order valence-corrected chi connectivity index (χ2v) is 4.76. The first kappa shape index (κ1) is 12.5. The van der Waals surface area contributed by atoms with Gasteiger partial charge in [-0.05, 0) is 24.6 Å². The average Bonchev–Trinajstić information content (AvgIpc) is 2.32. The van der Waals surface area contributed by atoms with Crippen LogP contribution >= 0.6 is 0 Å². The normalized spacial score (nSPS) is 26.1. The summed E-state index contributed by atoms with van der Waals surface area (Å²) in [6, 6.07) is 6.58. The summed E-state index contributed by atoms with van der Waals surface area (Å²) in [5.74, 6) is -0.221. The summed E-state index contributed by atoms with van der Waals surface area (Å²) in [7, 11) is 0. The fraction of sp³-hybridized carbons (Fsp3) is 0.538. The lowest BCUT2D eigenvalue weighted by atomic mass is 9.99. The Morgan fingerprint density at radius 3 is 3.06 bits per heavy atom. The van der Waals surface area contributed by atoms with E-state index < -0.39 is 0 Å². The minimum atomic E-state index is -0.370. The van der Waals surface area contributed by atoms with E-state index in [9.17, 15) is 9.50 Å². The summed E-state index contributed by atoms with van der Waals surface area (Å²) in [5.41, 5.74) is 0.552. The van der Waals surface area contributed by atoms with Gasteiger partial charge in [-0.1, -0.05) is 12.1 Å². The van der Waals surface area contributed by atoms with Crippen molar-refractivity contribution in [1.82, 2.24) is 4.90 Å². The number of ether oxygens (including phenoxy) is 1. The molecule has 4 heteroatoms. The van der Waals surface area contributed by atoms with Gasteiger partial charge in [0.25, 0.3) is 0 Å². The summed E-state index contributed by atoms with van der Waals surface area (Å²) < 4.78 is 18.5. The Hall–Kier alpha value is -0.970. The number of benzene rings is 1. The second kappa shape index (κ2) is 5.12. The first-order chi connectivity index (χ1) is 8.14. The van der Waals surface area contributed by atoms with E-state index in [2.05, 4.69) is 4.90 Å². The molecular weight excluding hydrogens is 221 g/mol. The van der Waals surface area contributed by atoms with E-state index in [0.717, 1.165) is 12.1 Å². The van der Waals surface area contributed by atoms with Crippen molar-refractivity contribution in [2.24, 2.45) is 0 Å². The maximum Gasteiger partial charge on any atom is 0.123 e. The lowest BCUT2D eigenvalue weighted by Gasteiger charge is -2.43. The fourth-order valence-corrected chi connectivity index (χ4v) is 2.10. The van der Waals surface area contributed by atoms with Crippen LogP contribution in [0.4, 0.5) is 4.39 Å². The summed E-state index contributed by atoms with van der Waals surface area (Å²) >= 11 is 0. The Balaban J connectivity index is 2.11. The number of aliphatic hydroxyl groups is 1. The molecule has 1 atom stereocenters. The van der Waals surface area contributed by atoms with E-state index >= 15 is 0 Å². The molecule has 0 aliphatic carbocycles. The minimum Gasteiger partial charge on any atom is -0.394 e. The van der Waals surface area contributed by atoms with Gasteiger partial charge in [-0.2, -0.15) is 0 Å². The van der Waals surface area contributed by atoms with E-state index in [-0.39, 0.29) is 18.0 Å². The number of hydrogen-bond donors (Lipinski definition) is 1. The topological polar surface area (TPSA) is 32.7 Å². The lowest BCUT2D eigenvalue weighted by molar-refractivity contribution is -0.0863. The summed E-state index contributed by atoms with van der Waals surface area (Å²) in [4.78, 5) is 2.14. The highest BCUT2D eigenvalue weighted by molar-refractivity contribution is 5.16. The molecule has 0 radical (unpaired) electrons. The quantitative estimate of drug-likeness (QED) is 0.865. The molecule has 1 fully saturated rings. The maximum absolute atomic E-state index is 13.1. The number of rotatable bonds is 3. The average molecular weight is 239 g/mol. The Morgan fingerprint density at radius 1 is 1.53 bits per heavy atom. The standard InChI is InChI=1S/C13H18FNO2/c1-13(9-16)10-17-6-5-15(13)8-11-3-2-4-12(14)7-11/h2-4,7,16H,5-6,8-10H2,1H3. The highest BCUT2D eigenvalue weighted by atomic mass is 19.1. The highest BCUT2D eigenvalue weighted by Gasteiger charge is 2.34. The third kappa shape index (κ3) is 2.83. The van der Waals surface area contributed by atoms with Crippen molar-refractivity contribution < 1.29 is 14.2 Å². The van der Waals surface area contributed by atoms with Gasteiger partial charge in [0, 0.05) is 13.1 Å². The van der Waals surface area contributed by atoms with Crippen LogP contribution in [-0.4, -0.2) is 41.9 Å². The van der Waals surface area contributed by atoms with Crippen LogP contribution in [0.1, 0.15) is 12.5 Å². The molecule has 0 saturated carbocycles. The third-order valence-corrected chi connectivity index (χ3v) is 3.29. The molecule has 0 bridgehead atoms. The van der Waals surface area contributed by atoms with Gasteiger partial charge in [-0.25, -0.2) is 4.39 Å². The summed E-state index contributed by atoms with van der Waals surface area (Å²) in [6.07, 6.45) is 0. The predicted octanol–water partition coefficient (Wildman–Crippen LogP) is 1.41. The highest BCUT2D eigenvalue weighted by Crippen LogP contribution is 2.22. The van der Waals surface area contributed by atoms with Crippen molar-refractivity contribution in [2.75, 3.05) is 26.4 Å². The van der Waals surface area contributed by atoms with Crippen molar-refractivity contribution in [1.29, 1.82) is 0 Å². The number of hydrogen-bond acceptors (Lipinski definition) is 3. The molecule has 1 aromatic carbocycles. The molecule has 3 nitrogen and oxygen atoms in total. The van der Waals surface area contributed by atoms with Gasteiger partial charge in [0.1, 0.15) is 5.82 Å². The van der Waals surface area contributed by atoms with Crippen LogP contribution in [0.15, 0.2) is 24.3 Å². The molecule has 1 unspecified atom stereocenters. The van der Waals surface area contributed by atoms with Gasteiger partial charge in [0.2, 0.25) is 0 Å². The van der Waals surface area contributed by atoms with Crippen molar-refractivity contribution >= 4 is 0 Å². The molecule has 1 N–H and O–H groups in total. The number of aliphatic hydroxyl groups excluding tert-OH is 1. The van der Waals surface area contributed by atoms with Crippen LogP contribution < -0.4 is 0 Å². The van der Waals surface area contributed by atoms with E-state index in [0.29, 0.717) is 19.8 Å². The van der Waals surface area contributed by atoms with E-state index in [4.69, 9.17) is 4.74 Å². The third-order valence-electron chi connectivity index (χ3n) is 3.29. The fourth-order valence-electron chi connectivity index (χ4n) is 2.10. The Kier molecular flexibility index (Phi) is 3.76. The maximum atomic E-state index is 13.1. The molecule has 1 aromatic rings. The zero-order chi connectivity index (χ0) is 12.3. The summed E-state index contributed by atoms with van der Waals surface area (Å²) in [5, 5.41) is 9.46. The van der Waals surface area contributed by atoms with Gasteiger partial charge < -0.3 is 9.84 Å². The van der Waals surface area contributed by atoms with E-state index in [1.54, 1.807) is 6.07 Å².